The minimum absolute atomic E-state index is 0.584. The van der Waals surface area contributed by atoms with E-state index in [4.69, 9.17) is 17.0 Å². The van der Waals surface area contributed by atoms with E-state index < -0.39 is 20.8 Å². The molecule has 0 aliphatic carbocycles. The van der Waals surface area contributed by atoms with Crippen LogP contribution < -0.4 is 0 Å². The molecule has 6 aromatic rings. The maximum atomic E-state index is 4.93. The summed E-state index contributed by atoms with van der Waals surface area (Å²) in [5.74, 6) is 0.584. The standard InChI is InChI=1S/C19H19.C18H17.C2H6Si.2ClH.Zr/c1-12-7-13(2)9-16(8-12)17-6-5-15(4)18-10-14(3)11-19(17)18;1-13(2)16-11-15-9-6-10-17(18(15)12-16)14-7-4-3-5-8-14;1-3-2;;;/h5-11H,1-4H3;3-13H,1-2H3;1-2H3;2*1H;/q2*-1;;;;+4/p-2. The molecule has 0 saturated carbocycles. The number of benzene rings is 4. The van der Waals surface area contributed by atoms with Crippen molar-refractivity contribution in [3.05, 3.63) is 131 Å². The Morgan fingerprint density at radius 1 is 0.651 bits per heavy atom. The van der Waals surface area contributed by atoms with Crippen molar-refractivity contribution in [2.24, 2.45) is 0 Å². The summed E-state index contributed by atoms with van der Waals surface area (Å²) >= 11 is -0.826. The number of hydrogen-bond acceptors (Lipinski definition) is 0. The molecule has 0 bridgehead atoms. The van der Waals surface area contributed by atoms with Crippen LogP contribution in [0.4, 0.5) is 0 Å². The quantitative estimate of drug-likeness (QED) is 0.127. The van der Waals surface area contributed by atoms with Crippen molar-refractivity contribution in [1.29, 1.82) is 0 Å². The van der Waals surface area contributed by atoms with E-state index in [0.29, 0.717) is 5.92 Å². The second kappa shape index (κ2) is 17.3. The predicted molar refractivity (Wildman–Crippen MR) is 192 cm³/mol. The van der Waals surface area contributed by atoms with Crippen LogP contribution in [-0.4, -0.2) is 9.52 Å². The van der Waals surface area contributed by atoms with Gasteiger partial charge in [0.2, 0.25) is 0 Å². The molecular weight excluding hydrogens is 659 g/mol. The zero-order valence-corrected chi connectivity index (χ0v) is 31.6. The molecule has 0 unspecified atom stereocenters. The molecule has 0 nitrogen and oxygen atoms in total. The molecule has 0 saturated heterocycles. The molecule has 0 aliphatic rings. The summed E-state index contributed by atoms with van der Waals surface area (Å²) in [6.45, 7) is 17.5. The van der Waals surface area contributed by atoms with Crippen LogP contribution in [0.2, 0.25) is 13.1 Å². The molecule has 0 atom stereocenters. The topological polar surface area (TPSA) is 0 Å². The van der Waals surface area contributed by atoms with Crippen molar-refractivity contribution in [2.75, 3.05) is 0 Å². The van der Waals surface area contributed by atoms with Gasteiger partial charge in [0.1, 0.15) is 0 Å². The fraction of sp³-hybridized carbons (Fsp3) is 0.231. The Kier molecular flexibility index (Phi) is 14.2. The fourth-order valence-corrected chi connectivity index (χ4v) is 5.43. The summed E-state index contributed by atoms with van der Waals surface area (Å²) in [6.07, 6.45) is 0. The first-order chi connectivity index (χ1) is 20.6. The van der Waals surface area contributed by atoms with Gasteiger partial charge in [-0.25, -0.2) is 0 Å². The van der Waals surface area contributed by atoms with Gasteiger partial charge in [-0.15, -0.1) is 68.6 Å². The van der Waals surface area contributed by atoms with Crippen molar-refractivity contribution >= 4 is 48.1 Å². The third-order valence-electron chi connectivity index (χ3n) is 7.31. The van der Waals surface area contributed by atoms with Crippen molar-refractivity contribution in [3.8, 4) is 22.3 Å². The first-order valence-corrected chi connectivity index (χ1v) is 23.0. The second-order valence-corrected chi connectivity index (χ2v) is 16.1. The van der Waals surface area contributed by atoms with Crippen LogP contribution in [0.15, 0.2) is 103 Å². The SMILES string of the molecule is CC(C)c1cc2c(-c3ccccc3)cccc2[cH-]1.C[Si]C.Cc1cc(C)cc(-c2ccc(C)c3[cH-]c(C)cc23)c1.[Cl][Zr+2][Cl]. The van der Waals surface area contributed by atoms with Crippen LogP contribution in [0.5, 0.6) is 0 Å². The third kappa shape index (κ3) is 9.63. The van der Waals surface area contributed by atoms with E-state index in [1.54, 1.807) is 0 Å². The molecule has 2 radical (unpaired) electrons. The number of rotatable bonds is 3. The van der Waals surface area contributed by atoms with E-state index in [2.05, 4.69) is 158 Å². The van der Waals surface area contributed by atoms with Crippen LogP contribution in [0, 0.1) is 27.7 Å². The van der Waals surface area contributed by atoms with E-state index in [0.717, 1.165) is 9.52 Å². The van der Waals surface area contributed by atoms with E-state index in [1.165, 1.54) is 71.6 Å². The van der Waals surface area contributed by atoms with Crippen LogP contribution in [0.25, 0.3) is 43.8 Å². The first-order valence-electron chi connectivity index (χ1n) is 14.7. The van der Waals surface area contributed by atoms with E-state index >= 15 is 0 Å². The summed E-state index contributed by atoms with van der Waals surface area (Å²) in [5.41, 5.74) is 12.1. The molecular formula is C39H42Cl2SiZr. The maximum absolute atomic E-state index is 4.93. The molecule has 0 amide bonds. The Labute approximate surface area is 280 Å². The first kappa shape index (κ1) is 35.3. The van der Waals surface area contributed by atoms with Gasteiger partial charge in [0.25, 0.3) is 0 Å². The molecule has 6 aromatic carbocycles. The van der Waals surface area contributed by atoms with Crippen molar-refractivity contribution in [1.82, 2.24) is 0 Å². The number of aryl methyl sites for hydroxylation is 4. The molecule has 0 heterocycles. The van der Waals surface area contributed by atoms with Crippen molar-refractivity contribution in [2.45, 2.75) is 60.6 Å². The molecule has 4 heteroatoms. The van der Waals surface area contributed by atoms with Gasteiger partial charge in [-0.3, -0.25) is 0 Å². The Morgan fingerprint density at radius 3 is 1.86 bits per heavy atom. The van der Waals surface area contributed by atoms with E-state index in [9.17, 15) is 0 Å². The van der Waals surface area contributed by atoms with Gasteiger partial charge in [0.05, 0.1) is 0 Å². The summed E-state index contributed by atoms with van der Waals surface area (Å²) in [6, 6.07) is 37.7. The van der Waals surface area contributed by atoms with Crippen LogP contribution >= 0.6 is 17.0 Å². The second-order valence-electron chi connectivity index (χ2n) is 11.4. The summed E-state index contributed by atoms with van der Waals surface area (Å²) < 4.78 is 0. The number of halogens is 2. The Hall–Kier alpha value is -2.22. The van der Waals surface area contributed by atoms with E-state index in [1.807, 2.05) is 0 Å². The van der Waals surface area contributed by atoms with Gasteiger partial charge in [0, 0.05) is 9.52 Å². The number of hydrogen-bond donors (Lipinski definition) is 0. The summed E-state index contributed by atoms with van der Waals surface area (Å²) in [5, 5.41) is 5.48. The average molecular weight is 701 g/mol. The van der Waals surface area contributed by atoms with Gasteiger partial charge < -0.3 is 0 Å². The Morgan fingerprint density at radius 2 is 1.26 bits per heavy atom. The Bertz CT molecular complexity index is 1710. The predicted octanol–water partition coefficient (Wildman–Crippen LogP) is 13.0. The van der Waals surface area contributed by atoms with Gasteiger partial charge >= 0.3 is 37.9 Å². The van der Waals surface area contributed by atoms with Crippen LogP contribution in [0.1, 0.15) is 47.6 Å². The molecule has 0 aliphatic heterocycles. The summed E-state index contributed by atoms with van der Waals surface area (Å²) in [7, 11) is 11.0. The third-order valence-corrected chi connectivity index (χ3v) is 7.31. The van der Waals surface area contributed by atoms with Crippen LogP contribution in [-0.2, 0) is 20.8 Å². The monoisotopic (exact) mass is 698 g/mol. The van der Waals surface area contributed by atoms with Gasteiger partial charge in [-0.1, -0.05) is 124 Å². The molecule has 43 heavy (non-hydrogen) atoms. The molecule has 0 aromatic heterocycles. The molecule has 0 fully saturated rings. The number of fused-ring (bicyclic) bond motifs is 2. The van der Waals surface area contributed by atoms with Crippen molar-refractivity contribution in [3.63, 3.8) is 0 Å². The minimum atomic E-state index is -0.826. The molecule has 0 spiro atoms. The normalized spacial score (nSPS) is 10.3. The zero-order chi connectivity index (χ0) is 31.5. The Balaban J connectivity index is 0.000000200. The average Bonchev–Trinajstić information content (AvgIpc) is 3.59. The van der Waals surface area contributed by atoms with E-state index in [-0.39, 0.29) is 0 Å². The van der Waals surface area contributed by atoms with Crippen molar-refractivity contribution < 1.29 is 20.8 Å². The fourth-order valence-electron chi connectivity index (χ4n) is 5.43. The van der Waals surface area contributed by atoms with Crippen LogP contribution in [0.3, 0.4) is 0 Å². The molecule has 6 rings (SSSR count). The van der Waals surface area contributed by atoms with Gasteiger partial charge in [-0.05, 0) is 30.9 Å². The molecule has 0 N–H and O–H groups in total. The zero-order valence-electron chi connectivity index (χ0n) is 26.6. The molecule has 220 valence electrons. The van der Waals surface area contributed by atoms with Gasteiger partial charge in [-0.2, -0.15) is 12.1 Å². The van der Waals surface area contributed by atoms with Gasteiger partial charge in [0.15, 0.2) is 0 Å². The summed E-state index contributed by atoms with van der Waals surface area (Å²) in [4.78, 5) is 0.